The third-order valence-electron chi connectivity index (χ3n) is 3.70. The van der Waals surface area contributed by atoms with Gasteiger partial charge in [-0.15, -0.1) is 0 Å². The van der Waals surface area contributed by atoms with Crippen molar-refractivity contribution in [3.05, 3.63) is 17.7 Å². The third kappa shape index (κ3) is 1.92. The van der Waals surface area contributed by atoms with Crippen molar-refractivity contribution < 1.29 is 19.4 Å². The lowest BCUT2D eigenvalue weighted by atomic mass is 10.1. The highest BCUT2D eigenvalue weighted by molar-refractivity contribution is 6.03. The van der Waals surface area contributed by atoms with Crippen LogP contribution >= 0.6 is 0 Å². The highest BCUT2D eigenvalue weighted by Crippen LogP contribution is 2.37. The Morgan fingerprint density at radius 3 is 2.70 bits per heavy atom. The Morgan fingerprint density at radius 1 is 1.30 bits per heavy atom. The fourth-order valence-electron chi connectivity index (χ4n) is 2.69. The van der Waals surface area contributed by atoms with Crippen LogP contribution in [0, 0.1) is 0 Å². The van der Waals surface area contributed by atoms with Gasteiger partial charge in [-0.3, -0.25) is 9.79 Å². The predicted molar refractivity (Wildman–Crippen MR) is 73.1 cm³/mol. The minimum atomic E-state index is -0.489. The number of carbonyl (C=O) groups excluding carboxylic acids is 1. The number of aliphatic imine (C=N–C) groups is 1. The average Bonchev–Trinajstić information content (AvgIpc) is 2.79. The van der Waals surface area contributed by atoms with Gasteiger partial charge in [0.2, 0.25) is 0 Å². The second kappa shape index (κ2) is 4.79. The minimum absolute atomic E-state index is 0.139. The van der Waals surface area contributed by atoms with E-state index < -0.39 is 6.10 Å². The van der Waals surface area contributed by atoms with Crippen LogP contribution in [-0.2, 0) is 0 Å². The van der Waals surface area contributed by atoms with Gasteiger partial charge in [0.15, 0.2) is 11.5 Å². The summed E-state index contributed by atoms with van der Waals surface area (Å²) in [6.07, 6.45) is 1.75. The van der Waals surface area contributed by atoms with Crippen LogP contribution in [0.5, 0.6) is 11.5 Å². The van der Waals surface area contributed by atoms with Gasteiger partial charge in [-0.05, 0) is 6.07 Å². The first-order chi connectivity index (χ1) is 9.63. The van der Waals surface area contributed by atoms with Crippen LogP contribution < -0.4 is 9.47 Å². The number of aliphatic hydroxyl groups is 1. The molecule has 106 valence electrons. The molecule has 1 aromatic carbocycles. The highest BCUT2D eigenvalue weighted by atomic mass is 16.5. The Hall–Kier alpha value is -2.08. The van der Waals surface area contributed by atoms with Crippen molar-refractivity contribution in [3.8, 4) is 11.5 Å². The molecule has 2 atom stereocenters. The molecule has 0 spiro atoms. The van der Waals surface area contributed by atoms with E-state index in [0.29, 0.717) is 35.7 Å². The number of hydrogen-bond donors (Lipinski definition) is 1. The van der Waals surface area contributed by atoms with Crippen LogP contribution in [0.25, 0.3) is 0 Å². The summed E-state index contributed by atoms with van der Waals surface area (Å²) in [5, 5.41) is 9.70. The van der Waals surface area contributed by atoms with Crippen LogP contribution in [0.4, 0.5) is 5.69 Å². The smallest absolute Gasteiger partial charge is 0.256 e. The lowest BCUT2D eigenvalue weighted by Crippen LogP contribution is -2.35. The number of hydrogen-bond acceptors (Lipinski definition) is 5. The number of amides is 1. The van der Waals surface area contributed by atoms with Gasteiger partial charge in [-0.2, -0.15) is 0 Å². The molecular weight excluding hydrogens is 260 g/mol. The molecule has 1 amide bonds. The third-order valence-corrected chi connectivity index (χ3v) is 3.70. The topological polar surface area (TPSA) is 71.4 Å². The zero-order chi connectivity index (χ0) is 14.3. The summed E-state index contributed by atoms with van der Waals surface area (Å²) in [6, 6.07) is 3.18. The SMILES string of the molecule is COc1cc2c(cc1OC)C(=O)N1CC(O)CC1C=N2. The maximum Gasteiger partial charge on any atom is 0.256 e. The summed E-state index contributed by atoms with van der Waals surface area (Å²) < 4.78 is 10.5. The maximum absolute atomic E-state index is 12.6. The normalized spacial score (nSPS) is 24.1. The van der Waals surface area contributed by atoms with Gasteiger partial charge in [0.05, 0.1) is 37.6 Å². The summed E-state index contributed by atoms with van der Waals surface area (Å²) in [7, 11) is 3.07. The standard InChI is InChI=1S/C14H16N2O4/c1-19-12-4-10-11(5-13(12)20-2)15-6-8-3-9(17)7-16(8)14(10)18/h4-6,8-9,17H,3,7H2,1-2H3. The fourth-order valence-corrected chi connectivity index (χ4v) is 2.69. The first-order valence-electron chi connectivity index (χ1n) is 6.43. The fraction of sp³-hybridized carbons (Fsp3) is 0.429. The second-order valence-corrected chi connectivity index (χ2v) is 4.92. The lowest BCUT2D eigenvalue weighted by Gasteiger charge is -2.20. The maximum atomic E-state index is 12.6. The second-order valence-electron chi connectivity index (χ2n) is 4.92. The molecule has 0 bridgehead atoms. The van der Waals surface area contributed by atoms with Crippen LogP contribution in [0.2, 0.25) is 0 Å². The molecule has 6 heteroatoms. The number of carbonyl (C=O) groups is 1. The molecule has 1 fully saturated rings. The molecule has 6 nitrogen and oxygen atoms in total. The van der Waals surface area contributed by atoms with E-state index in [9.17, 15) is 9.90 Å². The molecule has 2 heterocycles. The summed E-state index contributed by atoms with van der Waals surface area (Å²) in [5.41, 5.74) is 1.03. The van der Waals surface area contributed by atoms with E-state index in [1.54, 1.807) is 30.4 Å². The van der Waals surface area contributed by atoms with Crippen molar-refractivity contribution in [2.45, 2.75) is 18.6 Å². The molecular formula is C14H16N2O4. The van der Waals surface area contributed by atoms with E-state index in [-0.39, 0.29) is 11.9 Å². The van der Waals surface area contributed by atoms with E-state index >= 15 is 0 Å². The van der Waals surface area contributed by atoms with E-state index in [4.69, 9.17) is 9.47 Å². The Morgan fingerprint density at radius 2 is 2.00 bits per heavy atom. The minimum Gasteiger partial charge on any atom is -0.493 e. The monoisotopic (exact) mass is 276 g/mol. The zero-order valence-electron chi connectivity index (χ0n) is 11.4. The number of benzene rings is 1. The van der Waals surface area contributed by atoms with E-state index in [1.807, 2.05) is 0 Å². The molecule has 0 radical (unpaired) electrons. The molecule has 2 aliphatic heterocycles. The van der Waals surface area contributed by atoms with Gasteiger partial charge < -0.3 is 19.5 Å². The number of ether oxygens (including phenoxy) is 2. The zero-order valence-corrected chi connectivity index (χ0v) is 11.4. The van der Waals surface area contributed by atoms with Crippen molar-refractivity contribution in [2.75, 3.05) is 20.8 Å². The molecule has 2 unspecified atom stereocenters. The van der Waals surface area contributed by atoms with Crippen molar-refractivity contribution in [1.82, 2.24) is 4.90 Å². The summed E-state index contributed by atoms with van der Waals surface area (Å²) >= 11 is 0. The Balaban J connectivity index is 2.08. The largest absolute Gasteiger partial charge is 0.493 e. The van der Waals surface area contributed by atoms with Gasteiger partial charge in [0.1, 0.15) is 0 Å². The lowest BCUT2D eigenvalue weighted by molar-refractivity contribution is 0.0749. The highest BCUT2D eigenvalue weighted by Gasteiger charge is 2.36. The average molecular weight is 276 g/mol. The van der Waals surface area contributed by atoms with Crippen molar-refractivity contribution in [1.29, 1.82) is 0 Å². The first-order valence-corrected chi connectivity index (χ1v) is 6.43. The molecule has 0 saturated carbocycles. The molecule has 0 aliphatic carbocycles. The summed E-state index contributed by atoms with van der Waals surface area (Å²) in [4.78, 5) is 18.6. The Kier molecular flexibility index (Phi) is 3.10. The Bertz CT molecular complexity index is 585. The molecule has 3 rings (SSSR count). The van der Waals surface area contributed by atoms with Gasteiger partial charge in [-0.25, -0.2) is 0 Å². The van der Waals surface area contributed by atoms with Crippen molar-refractivity contribution >= 4 is 17.8 Å². The van der Waals surface area contributed by atoms with Crippen molar-refractivity contribution in [3.63, 3.8) is 0 Å². The number of aliphatic hydroxyl groups excluding tert-OH is 1. The van der Waals surface area contributed by atoms with E-state index in [2.05, 4.69) is 4.99 Å². The predicted octanol–water partition coefficient (Wildman–Crippen LogP) is 0.995. The molecule has 0 aromatic heterocycles. The van der Waals surface area contributed by atoms with Crippen LogP contribution in [0.15, 0.2) is 17.1 Å². The van der Waals surface area contributed by atoms with Crippen LogP contribution in [0.3, 0.4) is 0 Å². The van der Waals surface area contributed by atoms with Gasteiger partial charge in [0.25, 0.3) is 5.91 Å². The van der Waals surface area contributed by atoms with Crippen LogP contribution in [0.1, 0.15) is 16.8 Å². The first kappa shape index (κ1) is 12.9. The quantitative estimate of drug-likeness (QED) is 0.874. The molecule has 1 N–H and O–H groups in total. The molecule has 1 aromatic rings. The Labute approximate surface area is 116 Å². The number of nitrogens with zero attached hydrogens (tertiary/aromatic N) is 2. The van der Waals surface area contributed by atoms with E-state index in [0.717, 1.165) is 0 Å². The number of rotatable bonds is 2. The van der Waals surface area contributed by atoms with Gasteiger partial charge >= 0.3 is 0 Å². The summed E-state index contributed by atoms with van der Waals surface area (Å²) in [5.74, 6) is 0.895. The molecule has 20 heavy (non-hydrogen) atoms. The van der Waals surface area contributed by atoms with Crippen molar-refractivity contribution in [2.24, 2.45) is 4.99 Å². The number of methoxy groups -OCH3 is 2. The summed E-state index contributed by atoms with van der Waals surface area (Å²) in [6.45, 7) is 0.337. The van der Waals surface area contributed by atoms with Crippen LogP contribution in [-0.4, -0.2) is 55.0 Å². The van der Waals surface area contributed by atoms with E-state index in [1.165, 1.54) is 7.11 Å². The molecule has 2 aliphatic rings. The molecule has 1 saturated heterocycles. The van der Waals surface area contributed by atoms with Gasteiger partial charge in [-0.1, -0.05) is 0 Å². The number of fused-ring (bicyclic) bond motifs is 2. The van der Waals surface area contributed by atoms with Gasteiger partial charge in [0, 0.05) is 25.2 Å².